The van der Waals surface area contributed by atoms with Crippen LogP contribution >= 0.6 is 0 Å². The van der Waals surface area contributed by atoms with Crippen LogP contribution in [0.3, 0.4) is 0 Å². The van der Waals surface area contributed by atoms with E-state index in [9.17, 15) is 9.59 Å². The van der Waals surface area contributed by atoms with E-state index in [1.54, 1.807) is 13.0 Å². The largest absolute Gasteiger partial charge is 0.398 e. The van der Waals surface area contributed by atoms with E-state index in [1.807, 2.05) is 23.1 Å². The maximum Gasteiger partial charge on any atom is 0.244 e. The first-order valence-corrected chi connectivity index (χ1v) is 7.49. The summed E-state index contributed by atoms with van der Waals surface area (Å²) in [5.74, 6) is -0.171. The zero-order valence-corrected chi connectivity index (χ0v) is 12.5. The lowest BCUT2D eigenvalue weighted by Crippen LogP contribution is -2.48. The van der Waals surface area contributed by atoms with Gasteiger partial charge in [0.1, 0.15) is 6.04 Å². The van der Waals surface area contributed by atoms with Crippen LogP contribution in [0.5, 0.6) is 0 Å². The van der Waals surface area contributed by atoms with Crippen LogP contribution in [0.2, 0.25) is 0 Å². The number of amides is 2. The van der Waals surface area contributed by atoms with Crippen molar-refractivity contribution in [3.63, 3.8) is 0 Å². The second kappa shape index (κ2) is 7.11. The highest BCUT2D eigenvalue weighted by Crippen LogP contribution is 2.12. The molecule has 1 fully saturated rings. The summed E-state index contributed by atoms with van der Waals surface area (Å²) < 4.78 is 0. The summed E-state index contributed by atoms with van der Waals surface area (Å²) in [5.41, 5.74) is 7.21. The summed E-state index contributed by atoms with van der Waals surface area (Å²) in [6.45, 7) is 3.33. The molecule has 0 saturated carbocycles. The van der Waals surface area contributed by atoms with Crippen LogP contribution in [0.15, 0.2) is 24.3 Å². The standard InChI is InChI=1S/C16H23N3O2/c1-12(16(21)19-9-5-2-6-10-19)18-15(20)11-13-7-3-4-8-14(13)17/h3-4,7-8,12H,2,5-6,9-11,17H2,1H3,(H,18,20). The highest BCUT2D eigenvalue weighted by Gasteiger charge is 2.23. The lowest BCUT2D eigenvalue weighted by atomic mass is 10.1. The summed E-state index contributed by atoms with van der Waals surface area (Å²) in [4.78, 5) is 26.1. The summed E-state index contributed by atoms with van der Waals surface area (Å²) in [6.07, 6.45) is 3.47. The van der Waals surface area contributed by atoms with Crippen molar-refractivity contribution in [1.82, 2.24) is 10.2 Å². The molecule has 1 aromatic carbocycles. The Kier molecular flexibility index (Phi) is 5.20. The average Bonchev–Trinajstić information content (AvgIpc) is 2.49. The van der Waals surface area contributed by atoms with Crippen molar-refractivity contribution in [3.8, 4) is 0 Å². The van der Waals surface area contributed by atoms with Gasteiger partial charge in [-0.05, 0) is 37.8 Å². The molecule has 21 heavy (non-hydrogen) atoms. The Morgan fingerprint density at radius 2 is 1.90 bits per heavy atom. The van der Waals surface area contributed by atoms with Gasteiger partial charge in [-0.25, -0.2) is 0 Å². The van der Waals surface area contributed by atoms with Gasteiger partial charge in [0.05, 0.1) is 6.42 Å². The highest BCUT2D eigenvalue weighted by molar-refractivity contribution is 5.88. The zero-order chi connectivity index (χ0) is 15.2. The minimum absolute atomic E-state index is 0.00378. The Bertz CT molecular complexity index is 510. The van der Waals surface area contributed by atoms with Crippen LogP contribution in [0, 0.1) is 0 Å². The normalized spacial score (nSPS) is 16.3. The molecule has 1 saturated heterocycles. The molecular formula is C16H23N3O2. The lowest BCUT2D eigenvalue weighted by Gasteiger charge is -2.29. The van der Waals surface area contributed by atoms with Gasteiger partial charge in [0.25, 0.3) is 0 Å². The van der Waals surface area contributed by atoms with E-state index >= 15 is 0 Å². The molecule has 2 rings (SSSR count). The summed E-state index contributed by atoms with van der Waals surface area (Å²) in [6, 6.07) is 6.79. The van der Waals surface area contributed by atoms with Gasteiger partial charge in [-0.1, -0.05) is 18.2 Å². The van der Waals surface area contributed by atoms with Crippen LogP contribution in [0.1, 0.15) is 31.7 Å². The number of anilines is 1. The topological polar surface area (TPSA) is 75.4 Å². The Hall–Kier alpha value is -2.04. The number of benzene rings is 1. The van der Waals surface area contributed by atoms with Crippen molar-refractivity contribution in [2.45, 2.75) is 38.6 Å². The fourth-order valence-electron chi connectivity index (χ4n) is 2.61. The van der Waals surface area contributed by atoms with Crippen LogP contribution in [-0.2, 0) is 16.0 Å². The number of hydrogen-bond donors (Lipinski definition) is 2. The first kappa shape index (κ1) is 15.4. The van der Waals surface area contributed by atoms with Gasteiger partial charge in [0, 0.05) is 18.8 Å². The number of carbonyl (C=O) groups excluding carboxylic acids is 2. The van der Waals surface area contributed by atoms with Gasteiger partial charge < -0.3 is 16.0 Å². The molecule has 2 amide bonds. The minimum Gasteiger partial charge on any atom is -0.398 e. The molecule has 1 unspecified atom stereocenters. The fourth-order valence-corrected chi connectivity index (χ4v) is 2.61. The molecule has 1 aromatic rings. The molecule has 1 atom stereocenters. The molecule has 5 heteroatoms. The number of likely N-dealkylation sites (tertiary alicyclic amines) is 1. The number of nitrogens with one attached hydrogen (secondary N) is 1. The third-order valence-electron chi connectivity index (χ3n) is 3.82. The van der Waals surface area contributed by atoms with E-state index in [2.05, 4.69) is 5.32 Å². The predicted octanol–water partition coefficient (Wildman–Crippen LogP) is 1.33. The smallest absolute Gasteiger partial charge is 0.244 e. The Balaban J connectivity index is 1.87. The number of nitrogens with zero attached hydrogens (tertiary/aromatic N) is 1. The summed E-state index contributed by atoms with van der Waals surface area (Å²) >= 11 is 0. The van der Waals surface area contributed by atoms with Gasteiger partial charge in [-0.3, -0.25) is 9.59 Å². The van der Waals surface area contributed by atoms with E-state index < -0.39 is 6.04 Å². The molecule has 1 aliphatic heterocycles. The van der Waals surface area contributed by atoms with Crippen LogP contribution in [0.25, 0.3) is 0 Å². The SMILES string of the molecule is CC(NC(=O)Cc1ccccc1N)C(=O)N1CCCCC1. The number of hydrogen-bond acceptors (Lipinski definition) is 3. The first-order valence-electron chi connectivity index (χ1n) is 7.49. The maximum atomic E-state index is 12.2. The molecule has 0 radical (unpaired) electrons. The van der Waals surface area contributed by atoms with Crippen molar-refractivity contribution < 1.29 is 9.59 Å². The minimum atomic E-state index is -0.486. The maximum absolute atomic E-state index is 12.2. The van der Waals surface area contributed by atoms with Gasteiger partial charge in [-0.15, -0.1) is 0 Å². The molecule has 114 valence electrons. The lowest BCUT2D eigenvalue weighted by molar-refractivity contribution is -0.136. The number of nitrogens with two attached hydrogens (primary N) is 1. The number of para-hydroxylation sites is 1. The van der Waals surface area contributed by atoms with Crippen molar-refractivity contribution >= 4 is 17.5 Å². The second-order valence-electron chi connectivity index (χ2n) is 5.55. The molecule has 0 bridgehead atoms. The number of nitrogen functional groups attached to an aromatic ring is 1. The second-order valence-corrected chi connectivity index (χ2v) is 5.55. The highest BCUT2D eigenvalue weighted by atomic mass is 16.2. The monoisotopic (exact) mass is 289 g/mol. The average molecular weight is 289 g/mol. The van der Waals surface area contributed by atoms with E-state index in [0.29, 0.717) is 5.69 Å². The first-order chi connectivity index (χ1) is 10.1. The number of piperidine rings is 1. The van der Waals surface area contributed by atoms with Gasteiger partial charge >= 0.3 is 0 Å². The number of rotatable bonds is 4. The number of carbonyl (C=O) groups is 2. The molecule has 3 N–H and O–H groups in total. The van der Waals surface area contributed by atoms with Crippen LogP contribution in [-0.4, -0.2) is 35.8 Å². The van der Waals surface area contributed by atoms with Crippen LogP contribution in [0.4, 0.5) is 5.69 Å². The summed E-state index contributed by atoms with van der Waals surface area (Å²) in [5, 5.41) is 2.77. The molecule has 1 aliphatic rings. The molecule has 1 heterocycles. The van der Waals surface area contributed by atoms with Crippen molar-refractivity contribution in [3.05, 3.63) is 29.8 Å². The Labute approximate surface area is 125 Å². The van der Waals surface area contributed by atoms with E-state index in [-0.39, 0.29) is 18.2 Å². The fraction of sp³-hybridized carbons (Fsp3) is 0.500. The third-order valence-corrected chi connectivity index (χ3v) is 3.82. The molecule has 0 aromatic heterocycles. The molecule has 0 spiro atoms. The Morgan fingerprint density at radius 3 is 2.57 bits per heavy atom. The van der Waals surface area contributed by atoms with Crippen molar-refractivity contribution in [2.75, 3.05) is 18.8 Å². The molecular weight excluding hydrogens is 266 g/mol. The Morgan fingerprint density at radius 1 is 1.24 bits per heavy atom. The quantitative estimate of drug-likeness (QED) is 0.821. The van der Waals surface area contributed by atoms with E-state index in [4.69, 9.17) is 5.73 Å². The van der Waals surface area contributed by atoms with E-state index in [1.165, 1.54) is 6.42 Å². The predicted molar refractivity (Wildman–Crippen MR) is 82.6 cm³/mol. The van der Waals surface area contributed by atoms with Gasteiger partial charge in [0.2, 0.25) is 11.8 Å². The molecule has 0 aliphatic carbocycles. The van der Waals surface area contributed by atoms with Gasteiger partial charge in [-0.2, -0.15) is 0 Å². The van der Waals surface area contributed by atoms with Crippen LogP contribution < -0.4 is 11.1 Å². The van der Waals surface area contributed by atoms with Crippen molar-refractivity contribution in [2.24, 2.45) is 0 Å². The zero-order valence-electron chi connectivity index (χ0n) is 12.5. The van der Waals surface area contributed by atoms with Crippen molar-refractivity contribution in [1.29, 1.82) is 0 Å². The summed E-state index contributed by atoms with van der Waals surface area (Å²) in [7, 11) is 0. The van der Waals surface area contributed by atoms with E-state index in [0.717, 1.165) is 31.5 Å². The molecule has 5 nitrogen and oxygen atoms in total. The van der Waals surface area contributed by atoms with Gasteiger partial charge in [0.15, 0.2) is 0 Å². The third kappa shape index (κ3) is 4.21.